The van der Waals surface area contributed by atoms with Crippen LogP contribution < -0.4 is 10.6 Å². The van der Waals surface area contributed by atoms with Crippen LogP contribution in [-0.2, 0) is 22.6 Å². The number of piperidine rings is 1. The Labute approximate surface area is 190 Å². The number of thiazole rings is 1. The Bertz CT molecular complexity index is 763. The predicted molar refractivity (Wildman–Crippen MR) is 119 cm³/mol. The molecule has 0 atom stereocenters. The average Bonchev–Trinajstić information content (AvgIpc) is 3.08. The van der Waals surface area contributed by atoms with Crippen molar-refractivity contribution in [1.82, 2.24) is 19.9 Å². The molecule has 0 aromatic carbocycles. The second-order valence-corrected chi connectivity index (χ2v) is 9.55. The van der Waals surface area contributed by atoms with Gasteiger partial charge in [-0.15, -0.1) is 35.3 Å². The molecule has 1 saturated heterocycles. The molecule has 2 N–H and O–H groups in total. The Balaban J connectivity index is 0.00000420. The minimum absolute atomic E-state index is 0. The Morgan fingerprint density at radius 2 is 2.00 bits per heavy atom. The Morgan fingerprint density at radius 1 is 1.34 bits per heavy atom. The summed E-state index contributed by atoms with van der Waals surface area (Å²) in [5, 5.41) is 7.66. The van der Waals surface area contributed by atoms with Crippen molar-refractivity contribution in [2.24, 2.45) is 10.9 Å². The number of alkyl halides is 3. The summed E-state index contributed by atoms with van der Waals surface area (Å²) in [6, 6.07) is 0. The molecule has 168 valence electrons. The lowest BCUT2D eigenvalue weighted by Crippen LogP contribution is -2.40. The van der Waals surface area contributed by atoms with Gasteiger partial charge in [0.1, 0.15) is 0 Å². The highest BCUT2D eigenvalue weighted by atomic mass is 127. The number of aromatic nitrogens is 1. The quantitative estimate of drug-likeness (QED) is 0.300. The lowest BCUT2D eigenvalue weighted by Gasteiger charge is -2.29. The zero-order valence-corrected chi connectivity index (χ0v) is 20.3. The van der Waals surface area contributed by atoms with Crippen LogP contribution in [0, 0.1) is 5.92 Å². The zero-order valence-electron chi connectivity index (χ0n) is 16.3. The molecule has 2 heterocycles. The van der Waals surface area contributed by atoms with Gasteiger partial charge in [-0.05, 0) is 25.7 Å². The van der Waals surface area contributed by atoms with Gasteiger partial charge in [-0.3, -0.25) is 4.99 Å². The van der Waals surface area contributed by atoms with Gasteiger partial charge in [-0.1, -0.05) is 0 Å². The number of rotatable bonds is 7. The fourth-order valence-corrected chi connectivity index (χ4v) is 4.51. The van der Waals surface area contributed by atoms with Crippen LogP contribution in [0.2, 0.25) is 0 Å². The first-order valence-corrected chi connectivity index (χ1v) is 11.8. The summed E-state index contributed by atoms with van der Waals surface area (Å²) in [5.74, 6) is 0.905. The van der Waals surface area contributed by atoms with Crippen LogP contribution in [-0.4, -0.2) is 62.6 Å². The molecular formula is C16H27F3IN5O2S2. The van der Waals surface area contributed by atoms with Gasteiger partial charge in [0.05, 0.1) is 11.3 Å². The standard InChI is InChI=1S/C16H26F3N5O2S2.HI/c1-3-20-15(21-7-4-14-23-13(11-27-14)16(17,18)19)22-10-12-5-8-24(9-6-12)28(2,25)26;/h11-12H,3-10H2,1-2H3,(H2,20,21,22);1H. The molecule has 1 aromatic heterocycles. The van der Waals surface area contributed by atoms with Crippen molar-refractivity contribution in [3.8, 4) is 0 Å². The summed E-state index contributed by atoms with van der Waals surface area (Å²) in [6.07, 6.45) is -1.30. The largest absolute Gasteiger partial charge is 0.434 e. The molecule has 7 nitrogen and oxygen atoms in total. The molecule has 0 unspecified atom stereocenters. The molecule has 1 aliphatic heterocycles. The van der Waals surface area contributed by atoms with E-state index in [-0.39, 0.29) is 24.0 Å². The molecule has 29 heavy (non-hydrogen) atoms. The van der Waals surface area contributed by atoms with E-state index in [0.29, 0.717) is 56.0 Å². The van der Waals surface area contributed by atoms with Gasteiger partial charge in [0, 0.05) is 44.5 Å². The minimum atomic E-state index is -4.41. The SMILES string of the molecule is CCNC(=NCC1CCN(S(C)(=O)=O)CC1)NCCc1nc(C(F)(F)F)cs1.I. The highest BCUT2D eigenvalue weighted by molar-refractivity contribution is 14.0. The predicted octanol–water partition coefficient (Wildman–Crippen LogP) is 2.55. The van der Waals surface area contributed by atoms with E-state index in [1.807, 2.05) is 6.92 Å². The maximum Gasteiger partial charge on any atom is 0.434 e. The number of nitrogens with one attached hydrogen (secondary N) is 2. The van der Waals surface area contributed by atoms with Gasteiger partial charge in [0.15, 0.2) is 11.7 Å². The maximum absolute atomic E-state index is 12.6. The average molecular weight is 569 g/mol. The van der Waals surface area contributed by atoms with Crippen LogP contribution in [0.15, 0.2) is 10.4 Å². The second kappa shape index (κ2) is 11.6. The monoisotopic (exact) mass is 569 g/mol. The molecule has 0 aliphatic carbocycles. The van der Waals surface area contributed by atoms with E-state index in [1.54, 1.807) is 0 Å². The number of sulfonamides is 1. The number of guanidine groups is 1. The molecule has 0 amide bonds. The number of aliphatic imine (C=N–C) groups is 1. The van der Waals surface area contributed by atoms with Gasteiger partial charge in [-0.2, -0.15) is 13.2 Å². The topological polar surface area (TPSA) is 86.7 Å². The van der Waals surface area contributed by atoms with Crippen LogP contribution in [0.1, 0.15) is 30.5 Å². The lowest BCUT2D eigenvalue weighted by atomic mass is 9.98. The van der Waals surface area contributed by atoms with Crippen LogP contribution in [0.25, 0.3) is 0 Å². The van der Waals surface area contributed by atoms with Crippen molar-refractivity contribution in [3.63, 3.8) is 0 Å². The first-order valence-electron chi connectivity index (χ1n) is 9.08. The Morgan fingerprint density at radius 3 is 2.52 bits per heavy atom. The molecule has 0 spiro atoms. The number of hydrogen-bond donors (Lipinski definition) is 2. The highest BCUT2D eigenvalue weighted by Gasteiger charge is 2.33. The maximum atomic E-state index is 12.6. The Hall–Kier alpha value is -0.670. The van der Waals surface area contributed by atoms with Crippen LogP contribution >= 0.6 is 35.3 Å². The third kappa shape index (κ3) is 8.92. The lowest BCUT2D eigenvalue weighted by molar-refractivity contribution is -0.140. The van der Waals surface area contributed by atoms with Crippen molar-refractivity contribution in [2.45, 2.75) is 32.4 Å². The molecule has 0 bridgehead atoms. The first-order chi connectivity index (χ1) is 13.1. The van der Waals surface area contributed by atoms with Gasteiger partial charge < -0.3 is 10.6 Å². The van der Waals surface area contributed by atoms with Crippen molar-refractivity contribution >= 4 is 51.3 Å². The number of hydrogen-bond acceptors (Lipinski definition) is 5. The summed E-state index contributed by atoms with van der Waals surface area (Å²) in [7, 11) is -3.14. The van der Waals surface area contributed by atoms with Crippen LogP contribution in [0.3, 0.4) is 0 Å². The van der Waals surface area contributed by atoms with E-state index >= 15 is 0 Å². The minimum Gasteiger partial charge on any atom is -0.357 e. The number of halogens is 4. The van der Waals surface area contributed by atoms with E-state index in [4.69, 9.17) is 0 Å². The molecule has 13 heteroatoms. The molecule has 1 aromatic rings. The molecule has 1 fully saturated rings. The van der Waals surface area contributed by atoms with Crippen LogP contribution in [0.4, 0.5) is 13.2 Å². The van der Waals surface area contributed by atoms with E-state index < -0.39 is 21.9 Å². The highest BCUT2D eigenvalue weighted by Crippen LogP contribution is 2.30. The second-order valence-electron chi connectivity index (χ2n) is 6.63. The van der Waals surface area contributed by atoms with E-state index in [0.717, 1.165) is 29.6 Å². The van der Waals surface area contributed by atoms with Gasteiger partial charge in [0.2, 0.25) is 10.0 Å². The smallest absolute Gasteiger partial charge is 0.357 e. The Kier molecular flexibility index (Phi) is 10.6. The van der Waals surface area contributed by atoms with Gasteiger partial charge in [-0.25, -0.2) is 17.7 Å². The zero-order chi connectivity index (χ0) is 20.8. The van der Waals surface area contributed by atoms with Crippen molar-refractivity contribution in [3.05, 3.63) is 16.1 Å². The first kappa shape index (κ1) is 26.4. The summed E-state index contributed by atoms with van der Waals surface area (Å²) >= 11 is 0.995. The number of nitrogens with zero attached hydrogens (tertiary/aromatic N) is 3. The summed E-state index contributed by atoms with van der Waals surface area (Å²) < 4.78 is 62.3. The molecular weight excluding hydrogens is 542 g/mol. The third-order valence-corrected chi connectivity index (χ3v) is 6.58. The van der Waals surface area contributed by atoms with Crippen molar-refractivity contribution < 1.29 is 21.6 Å². The molecule has 0 saturated carbocycles. The normalized spacial score (nSPS) is 17.1. The molecule has 2 rings (SSSR count). The van der Waals surface area contributed by atoms with E-state index in [1.165, 1.54) is 10.6 Å². The molecule has 1 aliphatic rings. The van der Waals surface area contributed by atoms with Crippen LogP contribution in [0.5, 0.6) is 0 Å². The van der Waals surface area contributed by atoms with E-state index in [9.17, 15) is 21.6 Å². The van der Waals surface area contributed by atoms with E-state index in [2.05, 4.69) is 20.6 Å². The fraction of sp³-hybridized carbons (Fsp3) is 0.750. The molecule has 0 radical (unpaired) electrons. The summed E-state index contributed by atoms with van der Waals surface area (Å²) in [6.45, 7) is 4.60. The van der Waals surface area contributed by atoms with Gasteiger partial charge >= 0.3 is 6.18 Å². The summed E-state index contributed by atoms with van der Waals surface area (Å²) in [5.41, 5.74) is -0.853. The summed E-state index contributed by atoms with van der Waals surface area (Å²) in [4.78, 5) is 8.14. The van der Waals surface area contributed by atoms with Crippen molar-refractivity contribution in [1.29, 1.82) is 0 Å². The third-order valence-electron chi connectivity index (χ3n) is 4.37. The fourth-order valence-electron chi connectivity index (χ4n) is 2.83. The van der Waals surface area contributed by atoms with Gasteiger partial charge in [0.25, 0.3) is 0 Å². The van der Waals surface area contributed by atoms with Crippen molar-refractivity contribution in [2.75, 3.05) is 39.0 Å².